The highest BCUT2D eigenvalue weighted by atomic mass is 19.1. The van der Waals surface area contributed by atoms with Crippen molar-refractivity contribution in [2.45, 2.75) is 26.3 Å². The van der Waals surface area contributed by atoms with Crippen molar-refractivity contribution in [2.24, 2.45) is 5.92 Å². The number of benzene rings is 1. The molecule has 150 valence electrons. The highest BCUT2D eigenvalue weighted by Crippen LogP contribution is 2.27. The number of fused-ring (bicyclic) bond motifs is 1. The number of pyridine rings is 1. The number of hydrogen-bond donors (Lipinski definition) is 2. The zero-order valence-electron chi connectivity index (χ0n) is 16.2. The van der Waals surface area contributed by atoms with Crippen LogP contribution < -0.4 is 16.0 Å². The number of aromatic nitrogens is 3. The molecular formula is C21H23FN6O. The van der Waals surface area contributed by atoms with Gasteiger partial charge in [0.15, 0.2) is 5.65 Å². The number of nitrogen functional groups attached to an aromatic ring is 1. The summed E-state index contributed by atoms with van der Waals surface area (Å²) in [6.07, 6.45) is 2.94. The van der Waals surface area contributed by atoms with Crippen LogP contribution in [0.2, 0.25) is 0 Å². The molecule has 1 fully saturated rings. The average Bonchev–Trinajstić information content (AvgIpc) is 2.74. The number of piperidine rings is 1. The SMILES string of the molecule is Cc1ccc(CNC(=O)C2CCN(c3ncnc4nc(N)ccc34)CC2)cc1F. The Labute approximate surface area is 168 Å². The number of amides is 1. The van der Waals surface area contributed by atoms with Crippen molar-refractivity contribution >= 4 is 28.6 Å². The first-order valence-corrected chi connectivity index (χ1v) is 9.66. The zero-order valence-corrected chi connectivity index (χ0v) is 16.2. The second-order valence-corrected chi connectivity index (χ2v) is 7.37. The van der Waals surface area contributed by atoms with E-state index in [0.717, 1.165) is 29.6 Å². The number of aryl methyl sites for hydroxylation is 1. The maximum Gasteiger partial charge on any atom is 0.223 e. The first-order chi connectivity index (χ1) is 14.0. The monoisotopic (exact) mass is 394 g/mol. The fraction of sp³-hybridized carbons (Fsp3) is 0.333. The number of anilines is 2. The molecule has 0 unspecified atom stereocenters. The summed E-state index contributed by atoms with van der Waals surface area (Å²) in [4.78, 5) is 27.6. The van der Waals surface area contributed by atoms with Crippen molar-refractivity contribution in [3.8, 4) is 0 Å². The third-order valence-corrected chi connectivity index (χ3v) is 5.37. The molecule has 1 amide bonds. The van der Waals surface area contributed by atoms with Gasteiger partial charge < -0.3 is 16.0 Å². The number of nitrogens with zero attached hydrogens (tertiary/aromatic N) is 4. The van der Waals surface area contributed by atoms with Gasteiger partial charge in [-0.05, 0) is 49.1 Å². The summed E-state index contributed by atoms with van der Waals surface area (Å²) < 4.78 is 13.7. The first kappa shape index (κ1) is 19.0. The minimum atomic E-state index is -0.251. The summed E-state index contributed by atoms with van der Waals surface area (Å²) in [6, 6.07) is 8.65. The maximum absolute atomic E-state index is 13.7. The van der Waals surface area contributed by atoms with Gasteiger partial charge in [0, 0.05) is 25.6 Å². The number of halogens is 1. The summed E-state index contributed by atoms with van der Waals surface area (Å²) in [6.45, 7) is 3.48. The van der Waals surface area contributed by atoms with Gasteiger partial charge in [-0.3, -0.25) is 4.79 Å². The minimum absolute atomic E-state index is 0.00705. The molecule has 2 aromatic heterocycles. The number of carbonyl (C=O) groups is 1. The predicted molar refractivity (Wildman–Crippen MR) is 110 cm³/mol. The van der Waals surface area contributed by atoms with Crippen molar-refractivity contribution in [3.05, 3.63) is 53.6 Å². The molecule has 0 radical (unpaired) electrons. The Kier molecular flexibility index (Phi) is 5.24. The Balaban J connectivity index is 1.37. The topological polar surface area (TPSA) is 97.0 Å². The second kappa shape index (κ2) is 7.98. The van der Waals surface area contributed by atoms with Gasteiger partial charge in [0.05, 0.1) is 5.39 Å². The van der Waals surface area contributed by atoms with E-state index in [2.05, 4.69) is 25.2 Å². The van der Waals surface area contributed by atoms with E-state index in [0.29, 0.717) is 36.7 Å². The molecule has 3 heterocycles. The zero-order chi connectivity index (χ0) is 20.4. The van der Waals surface area contributed by atoms with E-state index in [1.807, 2.05) is 12.1 Å². The Morgan fingerprint density at radius 1 is 1.24 bits per heavy atom. The summed E-state index contributed by atoms with van der Waals surface area (Å²) in [5.74, 6) is 0.928. The molecule has 4 rings (SSSR count). The molecule has 0 spiro atoms. The molecule has 0 bridgehead atoms. The Morgan fingerprint density at radius 2 is 2.03 bits per heavy atom. The highest BCUT2D eigenvalue weighted by Gasteiger charge is 2.26. The number of carbonyl (C=O) groups excluding carboxylic acids is 1. The smallest absolute Gasteiger partial charge is 0.223 e. The van der Waals surface area contributed by atoms with Crippen LogP contribution in [0.5, 0.6) is 0 Å². The van der Waals surface area contributed by atoms with Crippen molar-refractivity contribution < 1.29 is 9.18 Å². The van der Waals surface area contributed by atoms with Gasteiger partial charge in [0.1, 0.15) is 23.8 Å². The van der Waals surface area contributed by atoms with E-state index in [1.165, 1.54) is 12.4 Å². The molecule has 7 nitrogen and oxygen atoms in total. The molecule has 29 heavy (non-hydrogen) atoms. The third-order valence-electron chi connectivity index (χ3n) is 5.37. The third kappa shape index (κ3) is 4.11. The van der Waals surface area contributed by atoms with Crippen molar-refractivity contribution in [3.63, 3.8) is 0 Å². The lowest BCUT2D eigenvalue weighted by atomic mass is 9.95. The van der Waals surface area contributed by atoms with Gasteiger partial charge in [-0.15, -0.1) is 0 Å². The largest absolute Gasteiger partial charge is 0.384 e. The van der Waals surface area contributed by atoms with Gasteiger partial charge in [0.2, 0.25) is 5.91 Å². The first-order valence-electron chi connectivity index (χ1n) is 9.66. The van der Waals surface area contributed by atoms with E-state index < -0.39 is 0 Å². The lowest BCUT2D eigenvalue weighted by Crippen LogP contribution is -2.40. The van der Waals surface area contributed by atoms with Crippen LogP contribution in [-0.2, 0) is 11.3 Å². The fourth-order valence-corrected chi connectivity index (χ4v) is 3.63. The van der Waals surface area contributed by atoms with E-state index in [-0.39, 0.29) is 17.6 Å². The fourth-order valence-electron chi connectivity index (χ4n) is 3.63. The van der Waals surface area contributed by atoms with Crippen LogP contribution in [0.25, 0.3) is 11.0 Å². The Hall–Kier alpha value is -3.29. The van der Waals surface area contributed by atoms with Crippen LogP contribution in [0.1, 0.15) is 24.0 Å². The van der Waals surface area contributed by atoms with Crippen LogP contribution in [0, 0.1) is 18.7 Å². The van der Waals surface area contributed by atoms with Gasteiger partial charge in [-0.25, -0.2) is 19.3 Å². The molecule has 0 saturated carbocycles. The average molecular weight is 394 g/mol. The van der Waals surface area contributed by atoms with E-state index in [4.69, 9.17) is 5.73 Å². The van der Waals surface area contributed by atoms with Gasteiger partial charge in [-0.2, -0.15) is 0 Å². The van der Waals surface area contributed by atoms with Crippen LogP contribution >= 0.6 is 0 Å². The lowest BCUT2D eigenvalue weighted by Gasteiger charge is -2.32. The van der Waals surface area contributed by atoms with Gasteiger partial charge >= 0.3 is 0 Å². The number of nitrogens with two attached hydrogens (primary N) is 1. The van der Waals surface area contributed by atoms with E-state index in [9.17, 15) is 9.18 Å². The molecule has 1 aliphatic rings. The Morgan fingerprint density at radius 3 is 2.79 bits per heavy atom. The number of hydrogen-bond acceptors (Lipinski definition) is 6. The van der Waals surface area contributed by atoms with E-state index >= 15 is 0 Å². The molecule has 1 saturated heterocycles. The molecule has 3 aromatic rings. The predicted octanol–water partition coefficient (Wildman–Crippen LogP) is 2.59. The normalized spacial score (nSPS) is 14.9. The van der Waals surface area contributed by atoms with Crippen LogP contribution in [0.15, 0.2) is 36.7 Å². The molecule has 0 atom stereocenters. The minimum Gasteiger partial charge on any atom is -0.384 e. The van der Waals surface area contributed by atoms with Gasteiger partial charge in [-0.1, -0.05) is 12.1 Å². The Bertz CT molecular complexity index is 1050. The molecule has 0 aliphatic carbocycles. The van der Waals surface area contributed by atoms with Crippen molar-refractivity contribution in [2.75, 3.05) is 23.7 Å². The van der Waals surface area contributed by atoms with Crippen LogP contribution in [0.3, 0.4) is 0 Å². The lowest BCUT2D eigenvalue weighted by molar-refractivity contribution is -0.125. The van der Waals surface area contributed by atoms with Crippen molar-refractivity contribution in [1.29, 1.82) is 0 Å². The number of rotatable bonds is 4. The van der Waals surface area contributed by atoms with Crippen LogP contribution in [0.4, 0.5) is 16.0 Å². The quantitative estimate of drug-likeness (QED) is 0.706. The molecule has 1 aromatic carbocycles. The maximum atomic E-state index is 13.7. The molecular weight excluding hydrogens is 371 g/mol. The van der Waals surface area contributed by atoms with Crippen LogP contribution in [-0.4, -0.2) is 33.9 Å². The summed E-state index contributed by atoms with van der Waals surface area (Å²) in [5.41, 5.74) is 7.67. The molecule has 3 N–H and O–H groups in total. The highest BCUT2D eigenvalue weighted by molar-refractivity contribution is 5.88. The summed E-state index contributed by atoms with van der Waals surface area (Å²) in [7, 11) is 0. The summed E-state index contributed by atoms with van der Waals surface area (Å²) >= 11 is 0. The molecule has 1 aliphatic heterocycles. The standard InChI is InChI=1S/C21H23FN6O/c1-13-2-3-14(10-17(13)22)11-24-21(29)15-6-8-28(9-7-15)20-16-4-5-18(23)27-19(16)25-12-26-20/h2-5,10,12,15H,6-9,11H2,1H3,(H,24,29)(H2,23,25,26,27). The summed E-state index contributed by atoms with van der Waals surface area (Å²) in [5, 5.41) is 3.78. The van der Waals surface area contributed by atoms with Gasteiger partial charge in [0.25, 0.3) is 0 Å². The van der Waals surface area contributed by atoms with E-state index in [1.54, 1.807) is 19.1 Å². The molecule has 8 heteroatoms. The number of nitrogens with one attached hydrogen (secondary N) is 1. The van der Waals surface area contributed by atoms with Crippen molar-refractivity contribution in [1.82, 2.24) is 20.3 Å². The second-order valence-electron chi connectivity index (χ2n) is 7.37.